The highest BCUT2D eigenvalue weighted by Crippen LogP contribution is 2.32. The van der Waals surface area contributed by atoms with Gasteiger partial charge < -0.3 is 10.1 Å². The Bertz CT molecular complexity index is 351. The van der Waals surface area contributed by atoms with E-state index in [0.717, 1.165) is 0 Å². The van der Waals surface area contributed by atoms with Crippen LogP contribution in [-0.4, -0.2) is 25.9 Å². The standard InChI is InChI=1S/C10H10Cl2F3NO/c11-7-2-1-3-8(12)9(7)17-5-4-16-6-10(13,14)15/h1-3,16H,4-6H2. The van der Waals surface area contributed by atoms with Gasteiger partial charge in [0.1, 0.15) is 6.61 Å². The maximum Gasteiger partial charge on any atom is 0.401 e. The van der Waals surface area contributed by atoms with Crippen molar-refractivity contribution in [1.82, 2.24) is 5.32 Å². The molecule has 1 aromatic rings. The third-order valence-corrected chi connectivity index (χ3v) is 2.36. The minimum Gasteiger partial charge on any atom is -0.489 e. The van der Waals surface area contributed by atoms with Crippen molar-refractivity contribution in [2.75, 3.05) is 19.7 Å². The zero-order valence-corrected chi connectivity index (χ0v) is 10.2. The fourth-order valence-corrected chi connectivity index (χ4v) is 1.58. The minimum absolute atomic E-state index is 0.0551. The molecule has 0 bridgehead atoms. The largest absolute Gasteiger partial charge is 0.489 e. The molecule has 17 heavy (non-hydrogen) atoms. The molecular formula is C10H10Cl2F3NO. The number of rotatable bonds is 5. The van der Waals surface area contributed by atoms with E-state index in [1.54, 1.807) is 18.2 Å². The van der Waals surface area contributed by atoms with Gasteiger partial charge in [-0.15, -0.1) is 0 Å². The van der Waals surface area contributed by atoms with Crippen molar-refractivity contribution in [2.45, 2.75) is 6.18 Å². The summed E-state index contributed by atoms with van der Waals surface area (Å²) >= 11 is 11.6. The summed E-state index contributed by atoms with van der Waals surface area (Å²) in [6.07, 6.45) is -4.22. The van der Waals surface area contributed by atoms with Gasteiger partial charge in [-0.2, -0.15) is 13.2 Å². The van der Waals surface area contributed by atoms with Crippen molar-refractivity contribution in [3.63, 3.8) is 0 Å². The number of ether oxygens (including phenoxy) is 1. The summed E-state index contributed by atoms with van der Waals surface area (Å²) in [6.45, 7) is -0.937. The first-order valence-corrected chi connectivity index (χ1v) is 5.50. The molecular weight excluding hydrogens is 278 g/mol. The lowest BCUT2D eigenvalue weighted by Gasteiger charge is -2.11. The second kappa shape index (κ2) is 6.33. The highest BCUT2D eigenvalue weighted by atomic mass is 35.5. The molecule has 1 rings (SSSR count). The molecule has 0 amide bonds. The second-order valence-corrected chi connectivity index (χ2v) is 4.01. The predicted molar refractivity (Wildman–Crippen MR) is 60.9 cm³/mol. The van der Waals surface area contributed by atoms with Crippen molar-refractivity contribution in [2.24, 2.45) is 0 Å². The monoisotopic (exact) mass is 287 g/mol. The van der Waals surface area contributed by atoms with Gasteiger partial charge in [0.25, 0.3) is 0 Å². The van der Waals surface area contributed by atoms with Crippen molar-refractivity contribution < 1.29 is 17.9 Å². The maximum atomic E-state index is 11.8. The number of nitrogens with one attached hydrogen (secondary N) is 1. The van der Waals surface area contributed by atoms with Gasteiger partial charge in [0, 0.05) is 6.54 Å². The van der Waals surface area contributed by atoms with Crippen LogP contribution in [0, 0.1) is 0 Å². The average Bonchev–Trinajstić information content (AvgIpc) is 2.20. The molecule has 0 aliphatic carbocycles. The third kappa shape index (κ3) is 5.48. The van der Waals surface area contributed by atoms with E-state index in [1.165, 1.54) is 0 Å². The molecule has 96 valence electrons. The molecule has 2 nitrogen and oxygen atoms in total. The lowest BCUT2D eigenvalue weighted by Crippen LogP contribution is -2.31. The molecule has 1 aromatic carbocycles. The third-order valence-electron chi connectivity index (χ3n) is 1.77. The summed E-state index contributed by atoms with van der Waals surface area (Å²) in [7, 11) is 0. The Hall–Kier alpha value is -0.650. The van der Waals surface area contributed by atoms with Gasteiger partial charge in [0.15, 0.2) is 5.75 Å². The highest BCUT2D eigenvalue weighted by molar-refractivity contribution is 6.37. The molecule has 0 aliphatic rings. The van der Waals surface area contributed by atoms with Crippen molar-refractivity contribution >= 4 is 23.2 Å². The fraction of sp³-hybridized carbons (Fsp3) is 0.400. The predicted octanol–water partition coefficient (Wildman–Crippen LogP) is 3.52. The van der Waals surface area contributed by atoms with E-state index >= 15 is 0 Å². The first kappa shape index (κ1) is 14.4. The number of para-hydroxylation sites is 1. The molecule has 1 N–H and O–H groups in total. The topological polar surface area (TPSA) is 21.3 Å². The van der Waals surface area contributed by atoms with E-state index in [1.807, 2.05) is 0 Å². The summed E-state index contributed by atoms with van der Waals surface area (Å²) in [5, 5.41) is 2.85. The second-order valence-electron chi connectivity index (χ2n) is 3.19. The van der Waals surface area contributed by atoms with E-state index in [4.69, 9.17) is 27.9 Å². The van der Waals surface area contributed by atoms with Crippen LogP contribution in [0.3, 0.4) is 0 Å². The molecule has 0 atom stereocenters. The van der Waals surface area contributed by atoms with Crippen LogP contribution >= 0.6 is 23.2 Å². The van der Waals surface area contributed by atoms with Crippen LogP contribution in [0.15, 0.2) is 18.2 Å². The zero-order chi connectivity index (χ0) is 12.9. The Balaban J connectivity index is 2.32. The molecule has 0 aliphatic heterocycles. The molecule has 0 aromatic heterocycles. The quantitative estimate of drug-likeness (QED) is 0.837. The molecule has 7 heteroatoms. The van der Waals surface area contributed by atoms with Crippen molar-refractivity contribution in [1.29, 1.82) is 0 Å². The molecule has 0 unspecified atom stereocenters. The summed E-state index contributed by atoms with van der Waals surface area (Å²) in [5.74, 6) is 0.282. The van der Waals surface area contributed by atoms with E-state index < -0.39 is 12.7 Å². The van der Waals surface area contributed by atoms with Crippen LogP contribution in [0.5, 0.6) is 5.75 Å². The molecule has 0 fully saturated rings. The molecule has 0 heterocycles. The molecule has 0 saturated heterocycles. The Labute approximate surface area is 107 Å². The Morgan fingerprint density at radius 3 is 2.29 bits per heavy atom. The normalized spacial score (nSPS) is 11.6. The Morgan fingerprint density at radius 1 is 1.18 bits per heavy atom. The van der Waals surface area contributed by atoms with Crippen LogP contribution in [0.25, 0.3) is 0 Å². The Morgan fingerprint density at radius 2 is 1.76 bits per heavy atom. The van der Waals surface area contributed by atoms with Crippen molar-refractivity contribution in [3.8, 4) is 5.75 Å². The first-order valence-electron chi connectivity index (χ1n) is 4.74. The molecule has 0 saturated carbocycles. The van der Waals surface area contributed by atoms with Crippen LogP contribution < -0.4 is 10.1 Å². The average molecular weight is 288 g/mol. The van der Waals surface area contributed by atoms with Crippen LogP contribution in [0.1, 0.15) is 0 Å². The van der Waals surface area contributed by atoms with Crippen LogP contribution in [-0.2, 0) is 0 Å². The SMILES string of the molecule is FC(F)(F)CNCCOc1c(Cl)cccc1Cl. The number of hydrogen-bond donors (Lipinski definition) is 1. The first-order chi connectivity index (χ1) is 7.90. The number of benzene rings is 1. The molecule has 0 radical (unpaired) electrons. The maximum absolute atomic E-state index is 11.8. The van der Waals surface area contributed by atoms with Gasteiger partial charge in [-0.05, 0) is 12.1 Å². The summed E-state index contributed by atoms with van der Waals surface area (Å²) in [6, 6.07) is 4.83. The molecule has 0 spiro atoms. The van der Waals surface area contributed by atoms with Gasteiger partial charge in [0.2, 0.25) is 0 Å². The van der Waals surface area contributed by atoms with Gasteiger partial charge in [-0.1, -0.05) is 29.3 Å². The van der Waals surface area contributed by atoms with Gasteiger partial charge in [-0.25, -0.2) is 0 Å². The lowest BCUT2D eigenvalue weighted by atomic mass is 10.3. The number of alkyl halides is 3. The van der Waals surface area contributed by atoms with Gasteiger partial charge in [0.05, 0.1) is 16.6 Å². The Kier molecular flexibility index (Phi) is 5.36. The van der Waals surface area contributed by atoms with Crippen molar-refractivity contribution in [3.05, 3.63) is 28.2 Å². The van der Waals surface area contributed by atoms with E-state index in [0.29, 0.717) is 10.0 Å². The summed E-state index contributed by atoms with van der Waals surface area (Å²) in [5.41, 5.74) is 0. The van der Waals surface area contributed by atoms with Gasteiger partial charge >= 0.3 is 6.18 Å². The van der Waals surface area contributed by atoms with E-state index in [2.05, 4.69) is 5.32 Å². The van der Waals surface area contributed by atoms with E-state index in [-0.39, 0.29) is 18.9 Å². The van der Waals surface area contributed by atoms with Crippen LogP contribution in [0.4, 0.5) is 13.2 Å². The number of halogens is 5. The summed E-state index contributed by atoms with van der Waals surface area (Å²) in [4.78, 5) is 0. The van der Waals surface area contributed by atoms with E-state index in [9.17, 15) is 13.2 Å². The number of hydrogen-bond acceptors (Lipinski definition) is 2. The summed E-state index contributed by atoms with van der Waals surface area (Å²) < 4.78 is 40.6. The highest BCUT2D eigenvalue weighted by Gasteiger charge is 2.25. The minimum atomic E-state index is -4.22. The smallest absolute Gasteiger partial charge is 0.401 e. The fourth-order valence-electron chi connectivity index (χ4n) is 1.08. The lowest BCUT2D eigenvalue weighted by molar-refractivity contribution is -0.124. The van der Waals surface area contributed by atoms with Crippen LogP contribution in [0.2, 0.25) is 10.0 Å². The zero-order valence-electron chi connectivity index (χ0n) is 8.65. The van der Waals surface area contributed by atoms with Gasteiger partial charge in [-0.3, -0.25) is 0 Å².